The highest BCUT2D eigenvalue weighted by molar-refractivity contribution is 5.85. The minimum atomic E-state index is -1.07. The zero-order valence-electron chi connectivity index (χ0n) is 9.49. The molecule has 1 unspecified atom stereocenters. The van der Waals surface area contributed by atoms with Crippen molar-refractivity contribution in [1.29, 1.82) is 0 Å². The van der Waals surface area contributed by atoms with Gasteiger partial charge in [0.25, 0.3) is 6.01 Å². The van der Waals surface area contributed by atoms with E-state index in [1.165, 1.54) is 6.42 Å². The van der Waals surface area contributed by atoms with Crippen LogP contribution in [-0.2, 0) is 0 Å². The molecule has 5 heteroatoms. The van der Waals surface area contributed by atoms with Crippen LogP contribution in [0.25, 0.3) is 0 Å². The normalized spacial score (nSPS) is 23.2. The van der Waals surface area contributed by atoms with Crippen molar-refractivity contribution in [3.8, 4) is 0 Å². The number of anilines is 1. The van der Waals surface area contributed by atoms with Gasteiger partial charge in [-0.3, -0.25) is 0 Å². The van der Waals surface area contributed by atoms with Gasteiger partial charge in [0.15, 0.2) is 5.69 Å². The maximum Gasteiger partial charge on any atom is 0.357 e. The Morgan fingerprint density at radius 2 is 2.44 bits per heavy atom. The number of aromatic nitrogens is 1. The summed E-state index contributed by atoms with van der Waals surface area (Å²) in [5, 5.41) is 11.9. The van der Waals surface area contributed by atoms with Crippen molar-refractivity contribution in [2.75, 3.05) is 5.32 Å². The van der Waals surface area contributed by atoms with E-state index in [2.05, 4.69) is 24.1 Å². The first kappa shape index (κ1) is 11.0. The lowest BCUT2D eigenvalue weighted by atomic mass is 9.87. The van der Waals surface area contributed by atoms with Crippen LogP contribution >= 0.6 is 0 Å². The molecule has 1 atom stereocenters. The Bertz CT molecular complexity index is 398. The molecule has 5 nitrogen and oxygen atoms in total. The van der Waals surface area contributed by atoms with Gasteiger partial charge in [0.1, 0.15) is 6.26 Å². The second-order valence-electron chi connectivity index (χ2n) is 4.92. The van der Waals surface area contributed by atoms with Crippen molar-refractivity contribution < 1.29 is 14.3 Å². The van der Waals surface area contributed by atoms with Crippen molar-refractivity contribution >= 4 is 12.0 Å². The zero-order chi connectivity index (χ0) is 11.8. The molecule has 1 saturated carbocycles. The van der Waals surface area contributed by atoms with Crippen LogP contribution in [0, 0.1) is 5.41 Å². The molecule has 0 radical (unpaired) electrons. The van der Waals surface area contributed by atoms with Crippen LogP contribution in [-0.4, -0.2) is 22.1 Å². The van der Waals surface area contributed by atoms with E-state index >= 15 is 0 Å². The zero-order valence-corrected chi connectivity index (χ0v) is 9.49. The molecule has 1 aliphatic rings. The van der Waals surface area contributed by atoms with Gasteiger partial charge >= 0.3 is 5.97 Å². The predicted molar refractivity (Wildman–Crippen MR) is 58.5 cm³/mol. The Kier molecular flexibility index (Phi) is 2.61. The summed E-state index contributed by atoms with van der Waals surface area (Å²) in [5.41, 5.74) is 0.149. The van der Waals surface area contributed by atoms with Crippen LogP contribution in [0.2, 0.25) is 0 Å². The molecule has 1 heterocycles. The Hall–Kier alpha value is -1.52. The van der Waals surface area contributed by atoms with Gasteiger partial charge in [-0.2, -0.15) is 4.98 Å². The highest BCUT2D eigenvalue weighted by Gasteiger charge is 2.35. The summed E-state index contributed by atoms with van der Waals surface area (Å²) in [6, 6.07) is 0.602. The van der Waals surface area contributed by atoms with Gasteiger partial charge in [-0.25, -0.2) is 4.79 Å². The second-order valence-corrected chi connectivity index (χ2v) is 4.92. The third-order valence-corrected chi connectivity index (χ3v) is 3.28. The van der Waals surface area contributed by atoms with Crippen molar-refractivity contribution in [3.63, 3.8) is 0 Å². The third-order valence-electron chi connectivity index (χ3n) is 3.28. The summed E-state index contributed by atoms with van der Waals surface area (Å²) < 4.78 is 5.08. The third kappa shape index (κ3) is 2.03. The summed E-state index contributed by atoms with van der Waals surface area (Å²) in [5.74, 6) is -1.07. The molecule has 88 valence electrons. The number of hydrogen-bond acceptors (Lipinski definition) is 4. The summed E-state index contributed by atoms with van der Waals surface area (Å²) in [6.07, 6.45) is 4.57. The van der Waals surface area contributed by atoms with Gasteiger partial charge in [0.2, 0.25) is 0 Å². The molecule has 1 fully saturated rings. The smallest absolute Gasteiger partial charge is 0.357 e. The first-order valence-corrected chi connectivity index (χ1v) is 5.44. The van der Waals surface area contributed by atoms with Crippen LogP contribution in [0.1, 0.15) is 43.6 Å². The molecular formula is C11H16N2O3. The van der Waals surface area contributed by atoms with E-state index in [0.717, 1.165) is 19.1 Å². The Morgan fingerprint density at radius 1 is 1.69 bits per heavy atom. The second kappa shape index (κ2) is 3.81. The molecule has 0 amide bonds. The number of carbonyl (C=O) groups is 1. The fourth-order valence-corrected chi connectivity index (χ4v) is 2.18. The van der Waals surface area contributed by atoms with Crippen LogP contribution in [0.4, 0.5) is 6.01 Å². The van der Waals surface area contributed by atoms with Crippen molar-refractivity contribution in [2.24, 2.45) is 5.41 Å². The monoisotopic (exact) mass is 224 g/mol. The lowest BCUT2D eigenvalue weighted by Crippen LogP contribution is -2.30. The lowest BCUT2D eigenvalue weighted by Gasteiger charge is -2.26. The molecule has 0 spiro atoms. The minimum absolute atomic E-state index is 0.0571. The molecule has 0 aromatic carbocycles. The maximum absolute atomic E-state index is 10.6. The largest absolute Gasteiger partial charge is 0.476 e. The first-order chi connectivity index (χ1) is 7.49. The van der Waals surface area contributed by atoms with E-state index in [9.17, 15) is 4.79 Å². The Labute approximate surface area is 93.9 Å². The SMILES string of the molecule is CC1(C)CCCC1Nc1nc(C(=O)O)co1. The Morgan fingerprint density at radius 3 is 2.94 bits per heavy atom. The van der Waals surface area contributed by atoms with E-state index in [4.69, 9.17) is 9.52 Å². The fraction of sp³-hybridized carbons (Fsp3) is 0.636. The number of nitrogens with zero attached hydrogens (tertiary/aromatic N) is 1. The molecule has 0 saturated heterocycles. The molecule has 0 aliphatic heterocycles. The average Bonchev–Trinajstić information content (AvgIpc) is 2.75. The molecule has 1 aliphatic carbocycles. The van der Waals surface area contributed by atoms with Gasteiger partial charge in [-0.15, -0.1) is 0 Å². The number of nitrogens with one attached hydrogen (secondary N) is 1. The number of hydrogen-bond donors (Lipinski definition) is 2. The van der Waals surface area contributed by atoms with E-state index in [1.54, 1.807) is 0 Å². The standard InChI is InChI=1S/C11H16N2O3/c1-11(2)5-3-4-8(11)13-10-12-7(6-16-10)9(14)15/h6,8H,3-5H2,1-2H3,(H,12,13)(H,14,15). The summed E-state index contributed by atoms with van der Waals surface area (Å²) in [6.45, 7) is 4.39. The summed E-state index contributed by atoms with van der Waals surface area (Å²) in [7, 11) is 0. The fourth-order valence-electron chi connectivity index (χ4n) is 2.18. The van der Waals surface area contributed by atoms with Gasteiger partial charge in [-0.1, -0.05) is 20.3 Å². The minimum Gasteiger partial charge on any atom is -0.476 e. The highest BCUT2D eigenvalue weighted by atomic mass is 16.4. The van der Waals surface area contributed by atoms with Crippen molar-refractivity contribution in [3.05, 3.63) is 12.0 Å². The van der Waals surface area contributed by atoms with E-state index in [-0.39, 0.29) is 11.1 Å². The molecule has 2 rings (SSSR count). The molecule has 1 aromatic heterocycles. The highest BCUT2D eigenvalue weighted by Crippen LogP contribution is 2.38. The average molecular weight is 224 g/mol. The van der Waals surface area contributed by atoms with Gasteiger partial charge in [0, 0.05) is 6.04 Å². The number of aromatic carboxylic acids is 1. The topological polar surface area (TPSA) is 75.4 Å². The molecule has 0 bridgehead atoms. The van der Waals surface area contributed by atoms with Crippen LogP contribution in [0.5, 0.6) is 0 Å². The van der Waals surface area contributed by atoms with Crippen LogP contribution < -0.4 is 5.32 Å². The van der Waals surface area contributed by atoms with Gasteiger partial charge < -0.3 is 14.8 Å². The molecule has 2 N–H and O–H groups in total. The Balaban J connectivity index is 2.06. The molecular weight excluding hydrogens is 208 g/mol. The first-order valence-electron chi connectivity index (χ1n) is 5.44. The lowest BCUT2D eigenvalue weighted by molar-refractivity contribution is 0.0690. The van der Waals surface area contributed by atoms with E-state index in [1.807, 2.05) is 0 Å². The van der Waals surface area contributed by atoms with E-state index in [0.29, 0.717) is 12.1 Å². The quantitative estimate of drug-likeness (QED) is 0.824. The number of oxazole rings is 1. The summed E-state index contributed by atoms with van der Waals surface area (Å²) in [4.78, 5) is 14.5. The van der Waals surface area contributed by atoms with E-state index < -0.39 is 5.97 Å². The predicted octanol–water partition coefficient (Wildman–Crippen LogP) is 2.36. The maximum atomic E-state index is 10.6. The van der Waals surface area contributed by atoms with Crippen LogP contribution in [0.3, 0.4) is 0 Å². The number of carboxylic acid groups (broad SMARTS) is 1. The van der Waals surface area contributed by atoms with Gasteiger partial charge in [-0.05, 0) is 18.3 Å². The van der Waals surface area contributed by atoms with Crippen molar-refractivity contribution in [1.82, 2.24) is 4.98 Å². The van der Waals surface area contributed by atoms with Crippen LogP contribution in [0.15, 0.2) is 10.7 Å². The summed E-state index contributed by atoms with van der Waals surface area (Å²) >= 11 is 0. The molecule has 16 heavy (non-hydrogen) atoms. The number of carboxylic acids is 1. The van der Waals surface area contributed by atoms with Gasteiger partial charge in [0.05, 0.1) is 0 Å². The van der Waals surface area contributed by atoms with Crippen molar-refractivity contribution in [2.45, 2.75) is 39.2 Å². The number of rotatable bonds is 3. The molecule has 1 aromatic rings.